The summed E-state index contributed by atoms with van der Waals surface area (Å²) in [6, 6.07) is 1.99. The van der Waals surface area contributed by atoms with Gasteiger partial charge in [0.25, 0.3) is 0 Å². The van der Waals surface area contributed by atoms with Gasteiger partial charge in [-0.3, -0.25) is 9.48 Å². The van der Waals surface area contributed by atoms with Crippen LogP contribution >= 0.6 is 27.3 Å². The maximum absolute atomic E-state index is 11.0. The summed E-state index contributed by atoms with van der Waals surface area (Å²) in [7, 11) is 0. The number of hydrogen-bond acceptors (Lipinski definition) is 3. The first-order valence-corrected chi connectivity index (χ1v) is 7.04. The summed E-state index contributed by atoms with van der Waals surface area (Å²) in [6.07, 6.45) is 2.68. The minimum absolute atomic E-state index is 0.511. The van der Waals surface area contributed by atoms with Gasteiger partial charge in [0.2, 0.25) is 0 Å². The lowest BCUT2D eigenvalue weighted by molar-refractivity contribution is 0.112. The first-order valence-electron chi connectivity index (χ1n) is 5.37. The molecule has 0 spiro atoms. The van der Waals surface area contributed by atoms with E-state index in [1.807, 2.05) is 22.3 Å². The second-order valence-electron chi connectivity index (χ2n) is 4.30. The van der Waals surface area contributed by atoms with Gasteiger partial charge < -0.3 is 0 Å². The van der Waals surface area contributed by atoms with Crippen LogP contribution in [0.1, 0.15) is 24.2 Å². The van der Waals surface area contributed by atoms with Gasteiger partial charge in [0, 0.05) is 22.6 Å². The summed E-state index contributed by atoms with van der Waals surface area (Å²) in [6.45, 7) is 5.08. The van der Waals surface area contributed by atoms with E-state index in [1.165, 1.54) is 0 Å². The fourth-order valence-electron chi connectivity index (χ4n) is 1.62. The highest BCUT2D eigenvalue weighted by atomic mass is 79.9. The smallest absolute Gasteiger partial charge is 0.153 e. The Bertz CT molecular complexity index is 530. The largest absolute Gasteiger partial charge is 0.298 e. The van der Waals surface area contributed by atoms with Crippen LogP contribution in [-0.2, 0) is 6.54 Å². The lowest BCUT2D eigenvalue weighted by atomic mass is 10.2. The van der Waals surface area contributed by atoms with Gasteiger partial charge in [-0.1, -0.05) is 13.8 Å². The highest BCUT2D eigenvalue weighted by molar-refractivity contribution is 9.10. The van der Waals surface area contributed by atoms with Crippen LogP contribution in [0.15, 0.2) is 22.1 Å². The van der Waals surface area contributed by atoms with Gasteiger partial charge >= 0.3 is 0 Å². The number of aldehydes is 1. The van der Waals surface area contributed by atoms with E-state index in [0.717, 1.165) is 27.9 Å². The van der Waals surface area contributed by atoms with Crippen molar-refractivity contribution in [1.82, 2.24) is 9.78 Å². The molecule has 5 heteroatoms. The SMILES string of the molecule is CC(C)Cn1cc(C=O)c(-c2cc(Br)cs2)n1. The molecular weight excluding hydrogens is 300 g/mol. The normalized spacial score (nSPS) is 11.1. The Balaban J connectivity index is 2.39. The molecule has 2 rings (SSSR count). The van der Waals surface area contributed by atoms with Gasteiger partial charge in [-0.15, -0.1) is 11.3 Å². The summed E-state index contributed by atoms with van der Waals surface area (Å²) in [5, 5.41) is 6.47. The van der Waals surface area contributed by atoms with Gasteiger partial charge in [0.05, 0.1) is 10.4 Å². The predicted octanol–water partition coefficient (Wildman–Crippen LogP) is 3.84. The maximum atomic E-state index is 11.0. The predicted molar refractivity (Wildman–Crippen MR) is 73.5 cm³/mol. The van der Waals surface area contributed by atoms with E-state index in [4.69, 9.17) is 0 Å². The Morgan fingerprint density at radius 1 is 1.59 bits per heavy atom. The molecule has 0 aliphatic rings. The molecule has 0 bridgehead atoms. The van der Waals surface area contributed by atoms with E-state index in [9.17, 15) is 4.79 Å². The summed E-state index contributed by atoms with van der Waals surface area (Å²) in [5.41, 5.74) is 1.43. The summed E-state index contributed by atoms with van der Waals surface area (Å²) in [5.74, 6) is 0.511. The van der Waals surface area contributed by atoms with Crippen LogP contribution in [0.4, 0.5) is 0 Å². The topological polar surface area (TPSA) is 34.9 Å². The molecule has 0 aliphatic carbocycles. The fraction of sp³-hybridized carbons (Fsp3) is 0.333. The molecule has 0 amide bonds. The highest BCUT2D eigenvalue weighted by Crippen LogP contribution is 2.30. The number of carbonyl (C=O) groups is 1. The van der Waals surface area contributed by atoms with Crippen molar-refractivity contribution in [3.63, 3.8) is 0 Å². The number of rotatable bonds is 4. The van der Waals surface area contributed by atoms with Crippen molar-refractivity contribution in [3.05, 3.63) is 27.7 Å². The average molecular weight is 313 g/mol. The Hall–Kier alpha value is -0.940. The van der Waals surface area contributed by atoms with Crippen molar-refractivity contribution in [2.45, 2.75) is 20.4 Å². The molecule has 2 aromatic heterocycles. The number of thiophene rings is 1. The monoisotopic (exact) mass is 312 g/mol. The Morgan fingerprint density at radius 3 is 2.88 bits per heavy atom. The van der Waals surface area contributed by atoms with Crippen LogP contribution in [0.25, 0.3) is 10.6 Å². The van der Waals surface area contributed by atoms with Crippen molar-refractivity contribution in [1.29, 1.82) is 0 Å². The molecule has 0 radical (unpaired) electrons. The third-order valence-corrected chi connectivity index (χ3v) is 3.97. The molecule has 17 heavy (non-hydrogen) atoms. The van der Waals surface area contributed by atoms with Crippen molar-refractivity contribution < 1.29 is 4.79 Å². The third-order valence-electron chi connectivity index (χ3n) is 2.27. The van der Waals surface area contributed by atoms with E-state index >= 15 is 0 Å². The van der Waals surface area contributed by atoms with E-state index in [1.54, 1.807) is 11.3 Å². The van der Waals surface area contributed by atoms with E-state index < -0.39 is 0 Å². The fourth-order valence-corrected chi connectivity index (χ4v) is 3.05. The zero-order chi connectivity index (χ0) is 12.4. The van der Waals surface area contributed by atoms with Gasteiger partial charge in [-0.2, -0.15) is 5.10 Å². The first kappa shape index (κ1) is 12.5. The molecule has 0 fully saturated rings. The molecule has 0 aromatic carbocycles. The second kappa shape index (κ2) is 5.14. The average Bonchev–Trinajstić information content (AvgIpc) is 2.83. The number of hydrogen-bond donors (Lipinski definition) is 0. The summed E-state index contributed by atoms with van der Waals surface area (Å²) < 4.78 is 2.87. The molecule has 0 N–H and O–H groups in total. The molecule has 0 saturated carbocycles. The Kier molecular flexibility index (Phi) is 3.79. The van der Waals surface area contributed by atoms with Crippen LogP contribution in [-0.4, -0.2) is 16.1 Å². The minimum Gasteiger partial charge on any atom is -0.298 e. The lowest BCUT2D eigenvalue weighted by Gasteiger charge is -2.03. The minimum atomic E-state index is 0.511. The zero-order valence-corrected chi connectivity index (χ0v) is 12.1. The molecular formula is C12H13BrN2OS. The number of nitrogens with zero attached hydrogens (tertiary/aromatic N) is 2. The Labute approximate surface area is 113 Å². The molecule has 2 heterocycles. The molecule has 2 aromatic rings. The highest BCUT2D eigenvalue weighted by Gasteiger charge is 2.13. The molecule has 0 saturated heterocycles. The van der Waals surface area contributed by atoms with Crippen LogP contribution in [0.2, 0.25) is 0 Å². The van der Waals surface area contributed by atoms with Gasteiger partial charge in [0.1, 0.15) is 5.69 Å². The quantitative estimate of drug-likeness (QED) is 0.804. The van der Waals surface area contributed by atoms with E-state index in [0.29, 0.717) is 11.5 Å². The van der Waals surface area contributed by atoms with Crippen molar-refractivity contribution in [3.8, 4) is 10.6 Å². The maximum Gasteiger partial charge on any atom is 0.153 e. The van der Waals surface area contributed by atoms with Crippen LogP contribution in [0.5, 0.6) is 0 Å². The van der Waals surface area contributed by atoms with Crippen LogP contribution < -0.4 is 0 Å². The zero-order valence-electron chi connectivity index (χ0n) is 9.68. The molecule has 3 nitrogen and oxygen atoms in total. The van der Waals surface area contributed by atoms with Gasteiger partial charge in [-0.25, -0.2) is 0 Å². The van der Waals surface area contributed by atoms with Crippen molar-refractivity contribution >= 4 is 33.6 Å². The Morgan fingerprint density at radius 2 is 2.35 bits per heavy atom. The van der Waals surface area contributed by atoms with Crippen molar-refractivity contribution in [2.75, 3.05) is 0 Å². The van der Waals surface area contributed by atoms with E-state index in [2.05, 4.69) is 34.9 Å². The van der Waals surface area contributed by atoms with Gasteiger partial charge in [-0.05, 0) is 27.9 Å². The van der Waals surface area contributed by atoms with Crippen molar-refractivity contribution in [2.24, 2.45) is 5.92 Å². The van der Waals surface area contributed by atoms with Crippen LogP contribution in [0.3, 0.4) is 0 Å². The van der Waals surface area contributed by atoms with E-state index in [-0.39, 0.29) is 0 Å². The molecule has 90 valence electrons. The van der Waals surface area contributed by atoms with Gasteiger partial charge in [0.15, 0.2) is 6.29 Å². The first-order chi connectivity index (χ1) is 8.10. The second-order valence-corrected chi connectivity index (χ2v) is 6.12. The summed E-state index contributed by atoms with van der Waals surface area (Å²) in [4.78, 5) is 12.1. The molecule has 0 unspecified atom stereocenters. The molecule has 0 atom stereocenters. The molecule has 0 aliphatic heterocycles. The number of carbonyl (C=O) groups excluding carboxylic acids is 1. The third kappa shape index (κ3) is 2.84. The number of halogens is 1. The standard InChI is InChI=1S/C12H13BrN2OS/c1-8(2)4-15-5-9(6-16)12(14-15)11-3-10(13)7-17-11/h3,5-8H,4H2,1-2H3. The van der Waals surface area contributed by atoms with Crippen LogP contribution in [0, 0.1) is 5.92 Å². The lowest BCUT2D eigenvalue weighted by Crippen LogP contribution is -2.04. The number of aromatic nitrogens is 2. The summed E-state index contributed by atoms with van der Waals surface area (Å²) >= 11 is 4.99.